The molecular weight excluding hydrogens is 262 g/mol. The van der Waals surface area contributed by atoms with Crippen LogP contribution in [0.4, 0.5) is 5.95 Å². The van der Waals surface area contributed by atoms with Crippen LogP contribution in [0.2, 0.25) is 5.02 Å². The molecular formula is C14H12ClN3O. The maximum atomic E-state index is 6.01. The molecule has 0 aliphatic carbocycles. The molecule has 0 aliphatic heterocycles. The summed E-state index contributed by atoms with van der Waals surface area (Å²) in [5.41, 5.74) is 8.52. The van der Waals surface area contributed by atoms with Gasteiger partial charge in [-0.1, -0.05) is 23.7 Å². The van der Waals surface area contributed by atoms with Crippen molar-refractivity contribution in [2.75, 3.05) is 12.8 Å². The minimum absolute atomic E-state index is 0.404. The van der Waals surface area contributed by atoms with Gasteiger partial charge >= 0.3 is 0 Å². The van der Waals surface area contributed by atoms with Crippen molar-refractivity contribution in [1.29, 1.82) is 0 Å². The third-order valence-electron chi connectivity index (χ3n) is 2.97. The second-order valence-corrected chi connectivity index (χ2v) is 4.55. The van der Waals surface area contributed by atoms with E-state index in [0.717, 1.165) is 22.5 Å². The SMILES string of the molecule is COc1ccccc1-n1c(N)nc2cc(Cl)ccc21. The Morgan fingerprint density at radius 2 is 2.00 bits per heavy atom. The Labute approximate surface area is 115 Å². The molecule has 0 amide bonds. The number of benzene rings is 2. The lowest BCUT2D eigenvalue weighted by Gasteiger charge is -2.11. The van der Waals surface area contributed by atoms with Gasteiger partial charge in [0.05, 0.1) is 23.8 Å². The maximum Gasteiger partial charge on any atom is 0.206 e. The van der Waals surface area contributed by atoms with Crippen LogP contribution in [-0.2, 0) is 0 Å². The van der Waals surface area contributed by atoms with Crippen molar-refractivity contribution in [2.45, 2.75) is 0 Å². The number of nitrogens with zero attached hydrogens (tertiary/aromatic N) is 2. The highest BCUT2D eigenvalue weighted by Crippen LogP contribution is 2.30. The molecule has 5 heteroatoms. The molecule has 0 saturated heterocycles. The van der Waals surface area contributed by atoms with E-state index in [4.69, 9.17) is 22.1 Å². The smallest absolute Gasteiger partial charge is 0.206 e. The molecule has 1 aromatic heterocycles. The van der Waals surface area contributed by atoms with Gasteiger partial charge in [-0.25, -0.2) is 4.98 Å². The summed E-state index contributed by atoms with van der Waals surface area (Å²) in [6.45, 7) is 0. The molecule has 0 fully saturated rings. The predicted molar refractivity (Wildman–Crippen MR) is 77.0 cm³/mol. The van der Waals surface area contributed by atoms with Crippen LogP contribution in [0.25, 0.3) is 16.7 Å². The van der Waals surface area contributed by atoms with Gasteiger partial charge in [0.2, 0.25) is 5.95 Å². The standard InChI is InChI=1S/C14H12ClN3O/c1-19-13-5-3-2-4-12(13)18-11-7-6-9(15)8-10(11)17-14(18)16/h2-8H,1H3,(H2,16,17). The fraction of sp³-hybridized carbons (Fsp3) is 0.0714. The summed E-state index contributed by atoms with van der Waals surface area (Å²) in [6.07, 6.45) is 0. The van der Waals surface area contributed by atoms with Crippen LogP contribution in [0, 0.1) is 0 Å². The molecule has 0 unspecified atom stereocenters. The monoisotopic (exact) mass is 273 g/mol. The minimum Gasteiger partial charge on any atom is -0.495 e. The summed E-state index contributed by atoms with van der Waals surface area (Å²) >= 11 is 5.97. The van der Waals surface area contributed by atoms with E-state index in [1.807, 2.05) is 41.0 Å². The number of rotatable bonds is 2. The fourth-order valence-corrected chi connectivity index (χ4v) is 2.31. The highest BCUT2D eigenvalue weighted by Gasteiger charge is 2.13. The van der Waals surface area contributed by atoms with E-state index in [2.05, 4.69) is 4.98 Å². The number of nitrogens with two attached hydrogens (primary N) is 1. The second kappa shape index (κ2) is 4.48. The summed E-state index contributed by atoms with van der Waals surface area (Å²) < 4.78 is 7.22. The van der Waals surface area contributed by atoms with E-state index in [9.17, 15) is 0 Å². The largest absolute Gasteiger partial charge is 0.495 e. The Morgan fingerprint density at radius 3 is 2.79 bits per heavy atom. The highest BCUT2D eigenvalue weighted by atomic mass is 35.5. The van der Waals surface area contributed by atoms with Gasteiger partial charge in [-0.15, -0.1) is 0 Å². The zero-order valence-corrected chi connectivity index (χ0v) is 11.1. The van der Waals surface area contributed by atoms with Crippen LogP contribution in [0.1, 0.15) is 0 Å². The molecule has 0 aliphatic rings. The normalized spacial score (nSPS) is 10.8. The molecule has 2 N–H and O–H groups in total. The van der Waals surface area contributed by atoms with Crippen molar-refractivity contribution >= 4 is 28.6 Å². The van der Waals surface area contributed by atoms with Gasteiger partial charge in [0.1, 0.15) is 5.75 Å². The first kappa shape index (κ1) is 11.9. The Hall–Kier alpha value is -2.20. The molecule has 0 bridgehead atoms. The lowest BCUT2D eigenvalue weighted by atomic mass is 10.2. The van der Waals surface area contributed by atoms with Crippen molar-refractivity contribution in [2.24, 2.45) is 0 Å². The predicted octanol–water partition coefficient (Wildman–Crippen LogP) is 3.27. The Kier molecular flexibility index (Phi) is 2.80. The molecule has 0 saturated carbocycles. The number of methoxy groups -OCH3 is 1. The molecule has 0 radical (unpaired) electrons. The number of para-hydroxylation sites is 2. The van der Waals surface area contributed by atoms with Gasteiger partial charge in [0.25, 0.3) is 0 Å². The third kappa shape index (κ3) is 1.90. The molecule has 2 aromatic carbocycles. The fourth-order valence-electron chi connectivity index (χ4n) is 2.14. The number of anilines is 1. The number of halogens is 1. The van der Waals surface area contributed by atoms with Crippen molar-refractivity contribution in [1.82, 2.24) is 9.55 Å². The van der Waals surface area contributed by atoms with Crippen LogP contribution < -0.4 is 10.5 Å². The minimum atomic E-state index is 0.404. The van der Waals surface area contributed by atoms with E-state index in [-0.39, 0.29) is 0 Å². The first-order valence-electron chi connectivity index (χ1n) is 5.77. The summed E-state index contributed by atoms with van der Waals surface area (Å²) in [6, 6.07) is 13.2. The average molecular weight is 274 g/mol. The van der Waals surface area contributed by atoms with Gasteiger partial charge in [-0.05, 0) is 30.3 Å². The summed E-state index contributed by atoms with van der Waals surface area (Å²) in [7, 11) is 1.63. The van der Waals surface area contributed by atoms with Crippen molar-refractivity contribution < 1.29 is 4.74 Å². The number of fused-ring (bicyclic) bond motifs is 1. The zero-order valence-electron chi connectivity index (χ0n) is 10.3. The topological polar surface area (TPSA) is 53.1 Å². The zero-order chi connectivity index (χ0) is 13.4. The molecule has 0 spiro atoms. The number of nitrogen functional groups attached to an aromatic ring is 1. The maximum absolute atomic E-state index is 6.01. The first-order chi connectivity index (χ1) is 9.20. The second-order valence-electron chi connectivity index (χ2n) is 4.11. The number of aromatic nitrogens is 2. The highest BCUT2D eigenvalue weighted by molar-refractivity contribution is 6.31. The van der Waals surface area contributed by atoms with E-state index in [1.54, 1.807) is 13.2 Å². The van der Waals surface area contributed by atoms with Crippen molar-refractivity contribution in [3.63, 3.8) is 0 Å². The Bertz CT molecular complexity index is 752. The molecule has 0 atom stereocenters. The number of imidazole rings is 1. The molecule has 1 heterocycles. The molecule has 96 valence electrons. The number of hydrogen-bond donors (Lipinski definition) is 1. The molecule has 3 aromatic rings. The van der Waals surface area contributed by atoms with Crippen LogP contribution in [0.3, 0.4) is 0 Å². The van der Waals surface area contributed by atoms with E-state index >= 15 is 0 Å². The number of ether oxygens (including phenoxy) is 1. The van der Waals surface area contributed by atoms with E-state index in [1.165, 1.54) is 0 Å². The van der Waals surface area contributed by atoms with Crippen LogP contribution in [0.15, 0.2) is 42.5 Å². The van der Waals surface area contributed by atoms with Crippen molar-refractivity contribution in [3.05, 3.63) is 47.5 Å². The summed E-state index contributed by atoms with van der Waals surface area (Å²) in [4.78, 5) is 4.33. The van der Waals surface area contributed by atoms with Crippen molar-refractivity contribution in [3.8, 4) is 11.4 Å². The molecule has 19 heavy (non-hydrogen) atoms. The Balaban J connectivity index is 2.33. The van der Waals surface area contributed by atoms with Gasteiger partial charge in [0, 0.05) is 5.02 Å². The lowest BCUT2D eigenvalue weighted by Crippen LogP contribution is -2.02. The van der Waals surface area contributed by atoms with Crippen LogP contribution in [0.5, 0.6) is 5.75 Å². The first-order valence-corrected chi connectivity index (χ1v) is 6.15. The summed E-state index contributed by atoms with van der Waals surface area (Å²) in [5.74, 6) is 1.14. The van der Waals surface area contributed by atoms with Gasteiger partial charge in [0.15, 0.2) is 0 Å². The van der Waals surface area contributed by atoms with Crippen LogP contribution >= 0.6 is 11.6 Å². The van der Waals surface area contributed by atoms with Gasteiger partial charge in [-0.3, -0.25) is 4.57 Å². The Morgan fingerprint density at radius 1 is 1.21 bits per heavy atom. The molecule has 4 nitrogen and oxygen atoms in total. The average Bonchev–Trinajstić information content (AvgIpc) is 2.73. The van der Waals surface area contributed by atoms with Crippen LogP contribution in [-0.4, -0.2) is 16.7 Å². The van der Waals surface area contributed by atoms with E-state index in [0.29, 0.717) is 11.0 Å². The number of hydrogen-bond acceptors (Lipinski definition) is 3. The molecule has 3 rings (SSSR count). The lowest BCUT2D eigenvalue weighted by molar-refractivity contribution is 0.413. The summed E-state index contributed by atoms with van der Waals surface area (Å²) in [5, 5.41) is 0.636. The quantitative estimate of drug-likeness (QED) is 0.780. The third-order valence-corrected chi connectivity index (χ3v) is 3.20. The van der Waals surface area contributed by atoms with E-state index < -0.39 is 0 Å². The van der Waals surface area contributed by atoms with Gasteiger partial charge < -0.3 is 10.5 Å². The van der Waals surface area contributed by atoms with Gasteiger partial charge in [-0.2, -0.15) is 0 Å².